The summed E-state index contributed by atoms with van der Waals surface area (Å²) >= 11 is 0. The highest BCUT2D eigenvalue weighted by molar-refractivity contribution is 5.84. The van der Waals surface area contributed by atoms with Crippen LogP contribution in [0.5, 0.6) is 0 Å². The number of benzene rings is 1. The van der Waals surface area contributed by atoms with E-state index in [1.54, 1.807) is 18.2 Å². The van der Waals surface area contributed by atoms with E-state index in [9.17, 15) is 4.79 Å². The van der Waals surface area contributed by atoms with Crippen molar-refractivity contribution in [3.8, 4) is 0 Å². The maximum Gasteiger partial charge on any atom is 0.194 e. The van der Waals surface area contributed by atoms with Crippen molar-refractivity contribution >= 4 is 22.4 Å². The van der Waals surface area contributed by atoms with Gasteiger partial charge in [-0.2, -0.15) is 0 Å². The predicted octanol–water partition coefficient (Wildman–Crippen LogP) is 1.47. The Morgan fingerprint density at radius 1 is 1.31 bits per heavy atom. The molecule has 1 aromatic heterocycles. The minimum absolute atomic E-state index is 0.121. The first-order chi connectivity index (χ1) is 7.75. The van der Waals surface area contributed by atoms with Gasteiger partial charge in [-0.05, 0) is 31.0 Å². The Bertz CT molecular complexity index is 615. The van der Waals surface area contributed by atoms with Gasteiger partial charge in [-0.25, -0.2) is 0 Å². The number of anilines is 2. The lowest BCUT2D eigenvalue weighted by Gasteiger charge is -2.17. The van der Waals surface area contributed by atoms with Crippen molar-refractivity contribution in [1.82, 2.24) is 4.98 Å². The fraction of sp³-hybridized carbons (Fsp3) is 0.250. The molecule has 0 aliphatic carbocycles. The number of rotatable bonds is 0. The summed E-state index contributed by atoms with van der Waals surface area (Å²) in [5, 5.41) is 3.94. The lowest BCUT2D eigenvalue weighted by molar-refractivity contribution is 0.816. The molecule has 0 fully saturated rings. The Morgan fingerprint density at radius 2 is 2.19 bits per heavy atom. The van der Waals surface area contributed by atoms with Gasteiger partial charge in [-0.15, -0.1) is 0 Å². The van der Waals surface area contributed by atoms with Crippen LogP contribution in [-0.2, 0) is 6.42 Å². The average molecular weight is 215 g/mol. The van der Waals surface area contributed by atoms with E-state index in [1.807, 2.05) is 0 Å². The van der Waals surface area contributed by atoms with Gasteiger partial charge in [0.15, 0.2) is 5.43 Å². The van der Waals surface area contributed by atoms with Crippen molar-refractivity contribution in [2.75, 3.05) is 17.6 Å². The van der Waals surface area contributed by atoms with Crippen LogP contribution in [0.4, 0.5) is 11.5 Å². The normalized spacial score (nSPS) is 14.5. The van der Waals surface area contributed by atoms with Crippen LogP contribution in [0.2, 0.25) is 0 Å². The van der Waals surface area contributed by atoms with Crippen molar-refractivity contribution in [2.24, 2.45) is 0 Å². The lowest BCUT2D eigenvalue weighted by Crippen LogP contribution is -2.21. The van der Waals surface area contributed by atoms with Crippen LogP contribution in [0.1, 0.15) is 12.0 Å². The summed E-state index contributed by atoms with van der Waals surface area (Å²) in [4.78, 5) is 15.4. The Hall–Kier alpha value is -1.97. The maximum atomic E-state index is 12.2. The van der Waals surface area contributed by atoms with Gasteiger partial charge in [-0.3, -0.25) is 4.79 Å². The molecule has 4 heteroatoms. The molecule has 0 amide bonds. The summed E-state index contributed by atoms with van der Waals surface area (Å²) in [6.07, 6.45) is 1.86. The quantitative estimate of drug-likeness (QED) is 0.583. The second kappa shape index (κ2) is 3.27. The van der Waals surface area contributed by atoms with Gasteiger partial charge in [0.2, 0.25) is 0 Å². The van der Waals surface area contributed by atoms with Crippen molar-refractivity contribution in [3.63, 3.8) is 0 Å². The number of hydrogen-bond acceptors (Lipinski definition) is 3. The largest absolute Gasteiger partial charge is 0.399 e. The summed E-state index contributed by atoms with van der Waals surface area (Å²) in [7, 11) is 0. The number of fused-ring (bicyclic) bond motifs is 2. The number of H-pyrrole nitrogens is 1. The van der Waals surface area contributed by atoms with Crippen LogP contribution in [0, 0.1) is 0 Å². The van der Waals surface area contributed by atoms with Crippen molar-refractivity contribution in [1.29, 1.82) is 0 Å². The fourth-order valence-electron chi connectivity index (χ4n) is 2.22. The molecule has 4 nitrogen and oxygen atoms in total. The Balaban J connectivity index is 2.39. The number of nitrogens with two attached hydrogens (primary N) is 1. The highest BCUT2D eigenvalue weighted by Crippen LogP contribution is 2.21. The number of aromatic nitrogens is 1. The molecule has 0 bridgehead atoms. The molecular weight excluding hydrogens is 202 g/mol. The van der Waals surface area contributed by atoms with Crippen LogP contribution >= 0.6 is 0 Å². The van der Waals surface area contributed by atoms with Crippen LogP contribution in [-0.4, -0.2) is 11.5 Å². The molecule has 1 aliphatic heterocycles. The Morgan fingerprint density at radius 3 is 3.06 bits per heavy atom. The third kappa shape index (κ3) is 1.26. The molecule has 16 heavy (non-hydrogen) atoms. The van der Waals surface area contributed by atoms with Gasteiger partial charge in [0, 0.05) is 23.2 Å². The van der Waals surface area contributed by atoms with Gasteiger partial charge in [0.1, 0.15) is 5.82 Å². The second-order valence-electron chi connectivity index (χ2n) is 4.14. The molecule has 1 aromatic carbocycles. The SMILES string of the molecule is Nc1ccc2c(=O)c3c([nH]c2c1)NCCC3. The van der Waals surface area contributed by atoms with E-state index in [0.717, 1.165) is 41.7 Å². The third-order valence-corrected chi connectivity index (χ3v) is 3.03. The smallest absolute Gasteiger partial charge is 0.194 e. The topological polar surface area (TPSA) is 70.9 Å². The van der Waals surface area contributed by atoms with Gasteiger partial charge < -0.3 is 16.0 Å². The van der Waals surface area contributed by atoms with Crippen LogP contribution in [0.15, 0.2) is 23.0 Å². The molecule has 82 valence electrons. The molecule has 0 saturated carbocycles. The third-order valence-electron chi connectivity index (χ3n) is 3.03. The van der Waals surface area contributed by atoms with Gasteiger partial charge >= 0.3 is 0 Å². The minimum atomic E-state index is 0.121. The Labute approximate surface area is 92.5 Å². The number of nitrogen functional groups attached to an aromatic ring is 1. The molecule has 0 atom stereocenters. The number of aromatic amines is 1. The first-order valence-electron chi connectivity index (χ1n) is 5.44. The average Bonchev–Trinajstić information content (AvgIpc) is 2.29. The Kier molecular flexibility index (Phi) is 1.89. The molecule has 2 heterocycles. The van der Waals surface area contributed by atoms with E-state index in [-0.39, 0.29) is 5.43 Å². The van der Waals surface area contributed by atoms with E-state index in [2.05, 4.69) is 10.3 Å². The van der Waals surface area contributed by atoms with E-state index < -0.39 is 0 Å². The molecular formula is C12H13N3O. The number of pyridine rings is 1. The number of hydrogen-bond donors (Lipinski definition) is 3. The zero-order chi connectivity index (χ0) is 11.1. The maximum absolute atomic E-state index is 12.2. The second-order valence-corrected chi connectivity index (χ2v) is 4.14. The highest BCUT2D eigenvalue weighted by atomic mass is 16.1. The van der Waals surface area contributed by atoms with Gasteiger partial charge in [0.25, 0.3) is 0 Å². The molecule has 2 aromatic rings. The molecule has 0 unspecified atom stereocenters. The fourth-order valence-corrected chi connectivity index (χ4v) is 2.22. The summed E-state index contributed by atoms with van der Waals surface area (Å²) < 4.78 is 0. The van der Waals surface area contributed by atoms with Crippen molar-refractivity contribution < 1.29 is 0 Å². The zero-order valence-corrected chi connectivity index (χ0v) is 8.84. The molecule has 0 spiro atoms. The predicted molar refractivity (Wildman–Crippen MR) is 65.8 cm³/mol. The van der Waals surface area contributed by atoms with Gasteiger partial charge in [-0.1, -0.05) is 0 Å². The summed E-state index contributed by atoms with van der Waals surface area (Å²) in [6.45, 7) is 0.913. The van der Waals surface area contributed by atoms with Crippen LogP contribution in [0.25, 0.3) is 10.9 Å². The van der Waals surface area contributed by atoms with Gasteiger partial charge in [0.05, 0.1) is 5.52 Å². The van der Waals surface area contributed by atoms with E-state index >= 15 is 0 Å². The van der Waals surface area contributed by atoms with Crippen LogP contribution < -0.4 is 16.5 Å². The minimum Gasteiger partial charge on any atom is -0.399 e. The summed E-state index contributed by atoms with van der Waals surface area (Å²) in [5.74, 6) is 0.856. The first kappa shape index (κ1) is 9.27. The monoisotopic (exact) mass is 215 g/mol. The molecule has 0 radical (unpaired) electrons. The summed E-state index contributed by atoms with van der Waals surface area (Å²) in [6, 6.07) is 5.35. The zero-order valence-electron chi connectivity index (χ0n) is 8.84. The molecule has 4 N–H and O–H groups in total. The molecule has 3 rings (SSSR count). The lowest BCUT2D eigenvalue weighted by atomic mass is 10.0. The van der Waals surface area contributed by atoms with E-state index in [4.69, 9.17) is 5.73 Å². The standard InChI is InChI=1S/C12H13N3O/c13-7-3-4-8-10(6-7)15-12-9(11(8)16)2-1-5-14-12/h3-4,6H,1-2,5,13H2,(H2,14,15,16). The number of nitrogens with one attached hydrogen (secondary N) is 2. The summed E-state index contributed by atoms with van der Waals surface area (Å²) in [5.41, 5.74) is 8.16. The van der Waals surface area contributed by atoms with Crippen LogP contribution in [0.3, 0.4) is 0 Å². The van der Waals surface area contributed by atoms with Crippen molar-refractivity contribution in [2.45, 2.75) is 12.8 Å². The van der Waals surface area contributed by atoms with E-state index in [1.165, 1.54) is 0 Å². The first-order valence-corrected chi connectivity index (χ1v) is 5.44. The van der Waals surface area contributed by atoms with E-state index in [0.29, 0.717) is 5.69 Å². The molecule has 1 aliphatic rings. The van der Waals surface area contributed by atoms with Crippen molar-refractivity contribution in [3.05, 3.63) is 34.0 Å². The molecule has 0 saturated heterocycles. The highest BCUT2D eigenvalue weighted by Gasteiger charge is 2.14.